The van der Waals surface area contributed by atoms with E-state index in [1.807, 2.05) is 24.3 Å². The van der Waals surface area contributed by atoms with Gasteiger partial charge in [-0.1, -0.05) is 184 Å². The summed E-state index contributed by atoms with van der Waals surface area (Å²) in [5, 5.41) is 2.47. The number of hydrogen-bond acceptors (Lipinski definition) is 3. The molecule has 58 heavy (non-hydrogen) atoms. The van der Waals surface area contributed by atoms with Gasteiger partial charge in [0.1, 0.15) is 0 Å². The first-order valence-electron chi connectivity index (χ1n) is 19.9. The van der Waals surface area contributed by atoms with Crippen molar-refractivity contribution in [3.8, 4) is 73.2 Å². The first-order valence-corrected chi connectivity index (χ1v) is 19.9. The van der Waals surface area contributed by atoms with E-state index >= 15 is 0 Å². The normalized spacial score (nSPS) is 12.8. The molecule has 0 saturated heterocycles. The van der Waals surface area contributed by atoms with Crippen LogP contribution in [0.4, 0.5) is 0 Å². The Morgan fingerprint density at radius 3 is 1.59 bits per heavy atom. The van der Waals surface area contributed by atoms with Gasteiger partial charge in [0.25, 0.3) is 0 Å². The minimum Gasteiger partial charge on any atom is -0.309 e. The topological polar surface area (TPSA) is 43.6 Å². The zero-order chi connectivity index (χ0) is 38.8. The second kappa shape index (κ2) is 13.4. The highest BCUT2D eigenvalue weighted by atomic mass is 15.0. The molecule has 2 aromatic heterocycles. The van der Waals surface area contributed by atoms with Crippen molar-refractivity contribution in [3.05, 3.63) is 205 Å². The molecule has 0 N–H and O–H groups in total. The molecule has 0 bridgehead atoms. The Bertz CT molecular complexity index is 3160. The minimum atomic E-state index is -0.207. The predicted molar refractivity (Wildman–Crippen MR) is 239 cm³/mol. The second-order valence-corrected chi connectivity index (χ2v) is 15.7. The summed E-state index contributed by atoms with van der Waals surface area (Å²) >= 11 is 0. The average Bonchev–Trinajstić information content (AvgIpc) is 3.75. The molecule has 0 atom stereocenters. The lowest BCUT2D eigenvalue weighted by Crippen LogP contribution is -2.16. The monoisotopic (exact) mass is 742 g/mol. The number of rotatable bonds is 6. The van der Waals surface area contributed by atoms with Gasteiger partial charge in [0.05, 0.1) is 11.0 Å². The maximum atomic E-state index is 5.17. The van der Waals surface area contributed by atoms with Crippen LogP contribution in [-0.4, -0.2) is 19.5 Å². The molecule has 0 spiro atoms. The average molecular weight is 743 g/mol. The third-order valence-corrected chi connectivity index (χ3v) is 11.8. The summed E-state index contributed by atoms with van der Waals surface area (Å²) in [5.41, 5.74) is 16.1. The molecule has 0 amide bonds. The zero-order valence-corrected chi connectivity index (χ0v) is 32.3. The van der Waals surface area contributed by atoms with Crippen molar-refractivity contribution in [1.29, 1.82) is 0 Å². The van der Waals surface area contributed by atoms with Crippen LogP contribution in [0.15, 0.2) is 194 Å². The largest absolute Gasteiger partial charge is 0.309 e. The molecule has 1 aliphatic rings. The quantitative estimate of drug-likeness (QED) is 0.170. The van der Waals surface area contributed by atoms with Crippen molar-refractivity contribution in [1.82, 2.24) is 19.5 Å². The fourth-order valence-electron chi connectivity index (χ4n) is 9.02. The molecule has 0 fully saturated rings. The van der Waals surface area contributed by atoms with Crippen molar-refractivity contribution < 1.29 is 0 Å². The van der Waals surface area contributed by atoms with Crippen LogP contribution >= 0.6 is 0 Å². The van der Waals surface area contributed by atoms with E-state index in [1.54, 1.807) is 0 Å². The molecule has 2 heterocycles. The fourth-order valence-corrected chi connectivity index (χ4v) is 9.02. The molecule has 0 saturated carbocycles. The zero-order valence-electron chi connectivity index (χ0n) is 32.3. The molecule has 1 aliphatic carbocycles. The number of hydrogen-bond donors (Lipinski definition) is 0. The Kier molecular flexibility index (Phi) is 7.80. The van der Waals surface area contributed by atoms with Crippen LogP contribution in [0.1, 0.15) is 25.0 Å². The predicted octanol–water partition coefficient (Wildman–Crippen LogP) is 13.6. The standard InChI is InChI=1S/C54H38N4/c1-54(2)47-24-13-12-23-43(47)44-30-31-45-46-34-40(36-17-8-4-9-18-36)29-32-48(46)58(50(45)49(44)54)42-22-14-21-41(33-42)53-56-51(38-19-10-5-11-20-38)55-52(57-53)39-27-25-37(26-28-39)35-15-6-3-7-16-35/h3-34H,1-2H3. The maximum Gasteiger partial charge on any atom is 0.164 e. The van der Waals surface area contributed by atoms with Crippen LogP contribution < -0.4 is 0 Å². The Hall–Kier alpha value is -7.43. The number of benzene rings is 8. The summed E-state index contributed by atoms with van der Waals surface area (Å²) in [4.78, 5) is 15.3. The Balaban J connectivity index is 1.12. The van der Waals surface area contributed by atoms with Gasteiger partial charge in [0.2, 0.25) is 0 Å². The van der Waals surface area contributed by atoms with Crippen LogP contribution in [0, 0.1) is 0 Å². The third-order valence-electron chi connectivity index (χ3n) is 11.8. The molecule has 10 aromatic rings. The summed E-state index contributed by atoms with van der Waals surface area (Å²) in [6, 6.07) is 68.9. The van der Waals surface area contributed by atoms with E-state index in [2.05, 4.69) is 188 Å². The van der Waals surface area contributed by atoms with Gasteiger partial charge in [-0.25, -0.2) is 15.0 Å². The van der Waals surface area contributed by atoms with E-state index < -0.39 is 0 Å². The molecule has 11 rings (SSSR count). The Labute approximate surface area is 337 Å². The molecular formula is C54H38N4. The molecular weight excluding hydrogens is 705 g/mol. The highest BCUT2D eigenvalue weighted by molar-refractivity contribution is 6.14. The van der Waals surface area contributed by atoms with E-state index in [-0.39, 0.29) is 5.41 Å². The van der Waals surface area contributed by atoms with E-state index in [0.717, 1.165) is 33.5 Å². The first-order chi connectivity index (χ1) is 28.5. The number of fused-ring (bicyclic) bond motifs is 7. The van der Waals surface area contributed by atoms with Gasteiger partial charge in [-0.05, 0) is 68.8 Å². The molecule has 4 nitrogen and oxygen atoms in total. The van der Waals surface area contributed by atoms with E-state index in [0.29, 0.717) is 17.5 Å². The van der Waals surface area contributed by atoms with E-state index in [9.17, 15) is 0 Å². The van der Waals surface area contributed by atoms with Crippen molar-refractivity contribution in [2.75, 3.05) is 0 Å². The number of aromatic nitrogens is 4. The van der Waals surface area contributed by atoms with Gasteiger partial charge >= 0.3 is 0 Å². The first kappa shape index (κ1) is 33.9. The second-order valence-electron chi connectivity index (χ2n) is 15.7. The van der Waals surface area contributed by atoms with Crippen LogP contribution in [-0.2, 0) is 5.41 Å². The molecule has 0 aliphatic heterocycles. The molecule has 0 unspecified atom stereocenters. The fraction of sp³-hybridized carbons (Fsp3) is 0.0556. The van der Waals surface area contributed by atoms with Gasteiger partial charge in [0.15, 0.2) is 17.5 Å². The van der Waals surface area contributed by atoms with Crippen molar-refractivity contribution >= 4 is 21.8 Å². The van der Waals surface area contributed by atoms with Crippen LogP contribution in [0.3, 0.4) is 0 Å². The highest BCUT2D eigenvalue weighted by Crippen LogP contribution is 2.53. The van der Waals surface area contributed by atoms with Gasteiger partial charge in [-0.3, -0.25) is 0 Å². The summed E-state index contributed by atoms with van der Waals surface area (Å²) < 4.78 is 2.47. The summed E-state index contributed by atoms with van der Waals surface area (Å²) in [5.74, 6) is 1.90. The molecule has 4 heteroatoms. The summed E-state index contributed by atoms with van der Waals surface area (Å²) in [6.45, 7) is 4.74. The summed E-state index contributed by atoms with van der Waals surface area (Å²) in [7, 11) is 0. The van der Waals surface area contributed by atoms with Crippen LogP contribution in [0.25, 0.3) is 95.0 Å². The lowest BCUT2D eigenvalue weighted by Gasteiger charge is -2.23. The smallest absolute Gasteiger partial charge is 0.164 e. The van der Waals surface area contributed by atoms with Crippen molar-refractivity contribution in [2.45, 2.75) is 19.3 Å². The Morgan fingerprint density at radius 2 is 0.897 bits per heavy atom. The van der Waals surface area contributed by atoms with Gasteiger partial charge in [-0.2, -0.15) is 0 Å². The van der Waals surface area contributed by atoms with Gasteiger partial charge in [-0.15, -0.1) is 0 Å². The Morgan fingerprint density at radius 1 is 0.379 bits per heavy atom. The van der Waals surface area contributed by atoms with Crippen molar-refractivity contribution in [2.24, 2.45) is 0 Å². The van der Waals surface area contributed by atoms with E-state index in [4.69, 9.17) is 15.0 Å². The van der Waals surface area contributed by atoms with Crippen LogP contribution in [0.2, 0.25) is 0 Å². The third kappa shape index (κ3) is 5.48. The maximum absolute atomic E-state index is 5.17. The van der Waals surface area contributed by atoms with E-state index in [1.165, 1.54) is 55.2 Å². The van der Waals surface area contributed by atoms with Gasteiger partial charge < -0.3 is 4.57 Å². The highest BCUT2D eigenvalue weighted by Gasteiger charge is 2.38. The van der Waals surface area contributed by atoms with Crippen LogP contribution in [0.5, 0.6) is 0 Å². The molecule has 274 valence electrons. The molecule has 0 radical (unpaired) electrons. The number of nitrogens with zero attached hydrogens (tertiary/aromatic N) is 4. The lowest BCUT2D eigenvalue weighted by molar-refractivity contribution is 0.664. The molecule has 8 aromatic carbocycles. The SMILES string of the molecule is CC1(C)c2ccccc2-c2ccc3c4cc(-c5ccccc5)ccc4n(-c4cccc(-c5nc(-c6ccccc6)nc(-c6ccc(-c7ccccc7)cc6)n5)c4)c3c21. The lowest BCUT2D eigenvalue weighted by atomic mass is 9.81. The van der Waals surface area contributed by atoms with Gasteiger partial charge in [0, 0.05) is 38.6 Å². The minimum absolute atomic E-state index is 0.207. The van der Waals surface area contributed by atoms with Crippen molar-refractivity contribution in [3.63, 3.8) is 0 Å². The summed E-state index contributed by atoms with van der Waals surface area (Å²) in [6.07, 6.45) is 0.